The van der Waals surface area contributed by atoms with Gasteiger partial charge in [-0.1, -0.05) is 172 Å². The number of allylic oxidation sites excluding steroid dienone is 5. The minimum absolute atomic E-state index is 0.0334. The number of unbranched alkanes of at least 4 members (excludes halogenated alkanes) is 19. The van der Waals surface area contributed by atoms with Gasteiger partial charge in [0, 0.05) is 12.8 Å². The fourth-order valence-corrected chi connectivity index (χ4v) is 9.59. The van der Waals surface area contributed by atoms with Crippen LogP contribution in [0.25, 0.3) is 0 Å². The van der Waals surface area contributed by atoms with Gasteiger partial charge in [-0.25, -0.2) is 9.13 Å². The molecule has 7 unspecified atom stereocenters. The number of hydrogen-bond acceptors (Lipinski definition) is 14. The van der Waals surface area contributed by atoms with Crippen molar-refractivity contribution in [2.45, 2.75) is 249 Å². The third kappa shape index (κ3) is 30.1. The van der Waals surface area contributed by atoms with Crippen molar-refractivity contribution in [3.05, 3.63) is 36.5 Å². The number of aliphatic hydroxyl groups is 4. The molecule has 0 aromatic carbocycles. The van der Waals surface area contributed by atoms with Gasteiger partial charge >= 0.3 is 27.6 Å². The number of carbonyl (C=O) groups excluding carboxylic acids is 2. The molecule has 1 heterocycles. The van der Waals surface area contributed by atoms with Crippen molar-refractivity contribution in [2.24, 2.45) is 0 Å². The molecular formula is C49H88O17P2. The Labute approximate surface area is 406 Å². The normalized spacial score (nSPS) is 24.5. The molecule has 2 rings (SSSR count). The van der Waals surface area contributed by atoms with Crippen molar-refractivity contribution >= 4 is 27.6 Å². The van der Waals surface area contributed by atoms with Gasteiger partial charge in [0.25, 0.3) is 0 Å². The third-order valence-corrected chi connectivity index (χ3v) is 13.6. The van der Waals surface area contributed by atoms with Gasteiger partial charge in [-0.3, -0.25) is 23.2 Å². The van der Waals surface area contributed by atoms with Crippen LogP contribution >= 0.6 is 15.6 Å². The maximum absolute atomic E-state index is 13.0. The highest BCUT2D eigenvalue weighted by Crippen LogP contribution is 2.49. The first kappa shape index (κ1) is 62.3. The minimum Gasteiger partial charge on any atom is -0.462 e. The first-order valence-corrected chi connectivity index (χ1v) is 28.7. The molecule has 10 atom stereocenters. The molecular weight excluding hydrogens is 922 g/mol. The third-order valence-electron chi connectivity index (χ3n) is 12.1. The van der Waals surface area contributed by atoms with Gasteiger partial charge in [-0.2, -0.15) is 0 Å². The smallest absolute Gasteiger partial charge is 0.462 e. The van der Waals surface area contributed by atoms with E-state index < -0.39 is 83.5 Å². The summed E-state index contributed by atoms with van der Waals surface area (Å²) in [5, 5.41) is 41.3. The Balaban J connectivity index is 1.77. The number of aliphatic hydroxyl groups excluding tert-OH is 4. The predicted octanol–water partition coefficient (Wildman–Crippen LogP) is 9.28. The molecule has 0 radical (unpaired) electrons. The molecule has 1 saturated carbocycles. The lowest BCUT2D eigenvalue weighted by Gasteiger charge is -2.43. The van der Waals surface area contributed by atoms with Crippen LogP contribution in [0.15, 0.2) is 36.5 Å². The molecule has 0 spiro atoms. The van der Waals surface area contributed by atoms with Gasteiger partial charge in [0.05, 0.1) is 18.8 Å². The maximum Gasteiger partial charge on any atom is 0.472 e. The van der Waals surface area contributed by atoms with Crippen molar-refractivity contribution in [1.82, 2.24) is 0 Å². The molecule has 0 amide bonds. The SMILES string of the molecule is CCCCCCCCCCCCCCCCCCCC(=O)O[C@H](COC(=O)CCC/C=C\C/C=C\C/C=C\CC1OC1CCCCC)COP(=O)(O)O[C@H]1C(O)C(O)C(O)[C@@H](OP(=O)(O)O)C1O. The summed E-state index contributed by atoms with van der Waals surface area (Å²) in [6.45, 7) is 3.05. The van der Waals surface area contributed by atoms with Crippen LogP contribution < -0.4 is 0 Å². The Morgan fingerprint density at radius 1 is 0.544 bits per heavy atom. The largest absolute Gasteiger partial charge is 0.472 e. The fourth-order valence-electron chi connectivity index (χ4n) is 8.05. The minimum atomic E-state index is -5.37. The summed E-state index contributed by atoms with van der Waals surface area (Å²) in [4.78, 5) is 54.4. The van der Waals surface area contributed by atoms with E-state index in [2.05, 4.69) is 42.7 Å². The van der Waals surface area contributed by atoms with Crippen molar-refractivity contribution in [2.75, 3.05) is 13.2 Å². The molecule has 17 nitrogen and oxygen atoms in total. The molecule has 2 fully saturated rings. The van der Waals surface area contributed by atoms with Crippen LogP contribution in [-0.4, -0.2) is 115 Å². The van der Waals surface area contributed by atoms with Crippen molar-refractivity contribution in [3.63, 3.8) is 0 Å². The zero-order chi connectivity index (χ0) is 50.0. The zero-order valence-corrected chi connectivity index (χ0v) is 42.8. The van der Waals surface area contributed by atoms with Gasteiger partial charge in [0.1, 0.15) is 43.2 Å². The van der Waals surface area contributed by atoms with Crippen molar-refractivity contribution in [3.8, 4) is 0 Å². The van der Waals surface area contributed by atoms with Crippen molar-refractivity contribution in [1.29, 1.82) is 0 Å². The number of phosphoric acid groups is 2. The number of ether oxygens (including phenoxy) is 3. The van der Waals surface area contributed by atoms with Crippen LogP contribution in [-0.2, 0) is 46.5 Å². The lowest BCUT2D eigenvalue weighted by Crippen LogP contribution is -2.64. The quantitative estimate of drug-likeness (QED) is 0.00987. The Bertz CT molecular complexity index is 1520. The van der Waals surface area contributed by atoms with Gasteiger partial charge < -0.3 is 49.3 Å². The number of phosphoric ester groups is 2. The Hall–Kier alpha value is -1.82. The number of epoxide rings is 1. The van der Waals surface area contributed by atoms with E-state index in [-0.39, 0.29) is 12.8 Å². The molecule has 68 heavy (non-hydrogen) atoms. The molecule has 2 aliphatic rings. The van der Waals surface area contributed by atoms with E-state index in [4.69, 9.17) is 23.3 Å². The number of carbonyl (C=O) groups is 2. The van der Waals surface area contributed by atoms with E-state index in [1.54, 1.807) is 0 Å². The Kier molecular flexibility index (Phi) is 33.9. The first-order chi connectivity index (χ1) is 32.6. The molecule has 0 aromatic heterocycles. The highest BCUT2D eigenvalue weighted by atomic mass is 31.2. The molecule has 1 aliphatic heterocycles. The molecule has 0 bridgehead atoms. The topological polar surface area (TPSA) is 269 Å². The van der Waals surface area contributed by atoms with Crippen LogP contribution in [0.1, 0.15) is 194 Å². The Morgan fingerprint density at radius 3 is 1.59 bits per heavy atom. The average molecular weight is 1010 g/mol. The monoisotopic (exact) mass is 1010 g/mol. The van der Waals surface area contributed by atoms with Crippen LogP contribution in [0.2, 0.25) is 0 Å². The lowest BCUT2D eigenvalue weighted by atomic mass is 9.85. The molecule has 0 aromatic rings. The standard InChI is InChI=1S/C49H88O17P2/c1-3-5-7-8-9-10-11-12-13-14-15-16-17-22-25-28-32-36-43(51)63-39(38-62-68(59,60)66-49-46(54)44(52)45(53)48(47(49)55)65-67(56,57)58)37-61-42(50)35-31-27-24-21-19-18-20-23-26-30-34-41-40(64-41)33-29-6-4-2/h18,20-21,24,26,30,39-41,44-49,52-55H,3-17,19,22-23,25,27-29,31-38H2,1-2H3,(H,59,60)(H2,56,57,58)/b20-18-,24-21-,30-26-/t39-,40?,41?,44?,45?,46?,47?,48-,49+/m1/s1. The highest BCUT2D eigenvalue weighted by Gasteiger charge is 2.54. The van der Waals surface area contributed by atoms with Gasteiger partial charge in [0.2, 0.25) is 0 Å². The predicted molar refractivity (Wildman–Crippen MR) is 259 cm³/mol. The maximum atomic E-state index is 13.0. The first-order valence-electron chi connectivity index (χ1n) is 25.7. The van der Waals surface area contributed by atoms with Crippen LogP contribution in [0, 0.1) is 0 Å². The van der Waals surface area contributed by atoms with Crippen LogP contribution in [0.4, 0.5) is 0 Å². The summed E-state index contributed by atoms with van der Waals surface area (Å²) >= 11 is 0. The van der Waals surface area contributed by atoms with Gasteiger partial charge in [0.15, 0.2) is 6.10 Å². The summed E-state index contributed by atoms with van der Waals surface area (Å²) in [6.07, 6.45) is 27.0. The second-order valence-electron chi connectivity index (χ2n) is 18.3. The van der Waals surface area contributed by atoms with E-state index in [1.165, 1.54) is 96.3 Å². The summed E-state index contributed by atoms with van der Waals surface area (Å²) in [6, 6.07) is 0. The van der Waals surface area contributed by atoms with Gasteiger partial charge in [-0.05, 0) is 44.9 Å². The molecule has 1 aliphatic carbocycles. The second-order valence-corrected chi connectivity index (χ2v) is 20.9. The van der Waals surface area contributed by atoms with Crippen molar-refractivity contribution < 1.29 is 81.6 Å². The van der Waals surface area contributed by atoms with E-state index >= 15 is 0 Å². The zero-order valence-electron chi connectivity index (χ0n) is 41.0. The molecule has 396 valence electrons. The van der Waals surface area contributed by atoms with E-state index in [9.17, 15) is 53.8 Å². The van der Waals surface area contributed by atoms with Gasteiger partial charge in [-0.15, -0.1) is 0 Å². The molecule has 7 N–H and O–H groups in total. The van der Waals surface area contributed by atoms with E-state index in [0.29, 0.717) is 31.5 Å². The number of hydrogen-bond donors (Lipinski definition) is 7. The Morgan fingerprint density at radius 2 is 1.03 bits per heavy atom. The second kappa shape index (κ2) is 37.0. The summed E-state index contributed by atoms with van der Waals surface area (Å²) in [7, 11) is -10.7. The molecule has 19 heteroatoms. The van der Waals surface area contributed by atoms with Crippen LogP contribution in [0.5, 0.6) is 0 Å². The summed E-state index contributed by atoms with van der Waals surface area (Å²) < 4.78 is 55.2. The number of rotatable bonds is 42. The van der Waals surface area contributed by atoms with E-state index in [1.807, 2.05) is 12.2 Å². The summed E-state index contributed by atoms with van der Waals surface area (Å²) in [5.41, 5.74) is 0. The fraction of sp³-hybridized carbons (Fsp3) is 0.837. The lowest BCUT2D eigenvalue weighted by molar-refractivity contribution is -0.216. The molecule has 1 saturated heterocycles. The van der Waals surface area contributed by atoms with E-state index in [0.717, 1.165) is 51.4 Å². The average Bonchev–Trinajstić information content (AvgIpc) is 4.05. The highest BCUT2D eigenvalue weighted by molar-refractivity contribution is 7.47. The van der Waals surface area contributed by atoms with Crippen LogP contribution in [0.3, 0.4) is 0 Å². The summed E-state index contributed by atoms with van der Waals surface area (Å²) in [5.74, 6) is -1.27. The number of esters is 2.